The molecule has 0 saturated carbocycles. The number of carbonyl (C=O) groups excluding carboxylic acids is 1. The number of ether oxygens (including phenoxy) is 1. The summed E-state index contributed by atoms with van der Waals surface area (Å²) in [5.74, 6) is 0.877. The van der Waals surface area contributed by atoms with E-state index in [-0.39, 0.29) is 29.9 Å². The van der Waals surface area contributed by atoms with Crippen LogP contribution in [0.5, 0.6) is 0 Å². The molecule has 9 heteroatoms. The van der Waals surface area contributed by atoms with Gasteiger partial charge < -0.3 is 25.4 Å². The van der Waals surface area contributed by atoms with Crippen LogP contribution in [0.1, 0.15) is 32.3 Å². The predicted octanol–water partition coefficient (Wildman–Crippen LogP) is 1.57. The van der Waals surface area contributed by atoms with Crippen molar-refractivity contribution in [3.8, 4) is 0 Å². The lowest BCUT2D eigenvalue weighted by Crippen LogP contribution is -2.52. The van der Waals surface area contributed by atoms with Crippen LogP contribution in [0.15, 0.2) is 29.3 Å². The van der Waals surface area contributed by atoms with Crippen molar-refractivity contribution in [3.63, 3.8) is 0 Å². The first kappa shape index (κ1) is 25.8. The Morgan fingerprint density at radius 1 is 1.19 bits per heavy atom. The minimum absolute atomic E-state index is 0. The molecule has 3 N–H and O–H groups in total. The van der Waals surface area contributed by atoms with Gasteiger partial charge in [0.2, 0.25) is 5.91 Å². The van der Waals surface area contributed by atoms with Crippen molar-refractivity contribution in [2.45, 2.75) is 38.8 Å². The minimum atomic E-state index is -0.864. The van der Waals surface area contributed by atoms with Crippen molar-refractivity contribution in [2.24, 2.45) is 4.99 Å². The highest BCUT2D eigenvalue weighted by Crippen LogP contribution is 2.21. The highest BCUT2D eigenvalue weighted by Gasteiger charge is 2.25. The Labute approximate surface area is 202 Å². The highest BCUT2D eigenvalue weighted by atomic mass is 127. The topological polar surface area (TPSA) is 89.4 Å². The van der Waals surface area contributed by atoms with Gasteiger partial charge >= 0.3 is 0 Å². The smallest absolute Gasteiger partial charge is 0.227 e. The number of halogens is 1. The average molecular weight is 545 g/mol. The number of guanidine groups is 1. The Kier molecular flexibility index (Phi) is 10.5. The number of benzene rings is 1. The van der Waals surface area contributed by atoms with Crippen LogP contribution < -0.4 is 15.5 Å². The van der Waals surface area contributed by atoms with E-state index in [1.807, 2.05) is 43.0 Å². The Balaban J connectivity index is 0.00000341. The lowest BCUT2D eigenvalue weighted by atomic mass is 10.1. The lowest BCUT2D eigenvalue weighted by molar-refractivity contribution is -0.117. The third kappa shape index (κ3) is 8.21. The zero-order chi connectivity index (χ0) is 21.4. The van der Waals surface area contributed by atoms with Crippen LogP contribution in [0.3, 0.4) is 0 Å². The first-order chi connectivity index (χ1) is 14.5. The molecule has 3 rings (SSSR count). The molecule has 0 bridgehead atoms. The maximum Gasteiger partial charge on any atom is 0.227 e. The van der Waals surface area contributed by atoms with Crippen LogP contribution in [-0.2, 0) is 16.1 Å². The van der Waals surface area contributed by atoms with Crippen molar-refractivity contribution in [3.05, 3.63) is 29.8 Å². The Hall–Kier alpha value is -1.43. The number of rotatable bonds is 8. The van der Waals surface area contributed by atoms with E-state index >= 15 is 0 Å². The third-order valence-electron chi connectivity index (χ3n) is 5.39. The number of nitrogens with zero attached hydrogens (tertiary/aromatic N) is 3. The second kappa shape index (κ2) is 12.6. The number of morpholine rings is 1. The number of anilines is 1. The molecule has 2 heterocycles. The highest BCUT2D eigenvalue weighted by molar-refractivity contribution is 14.0. The minimum Gasteiger partial charge on any atom is -0.387 e. The molecule has 8 nitrogen and oxygen atoms in total. The van der Waals surface area contributed by atoms with Gasteiger partial charge in [-0.15, -0.1) is 24.0 Å². The molecule has 2 aliphatic heterocycles. The lowest BCUT2D eigenvalue weighted by Gasteiger charge is -2.34. The summed E-state index contributed by atoms with van der Waals surface area (Å²) in [7, 11) is 0. The van der Waals surface area contributed by atoms with Crippen LogP contribution >= 0.6 is 24.0 Å². The molecule has 2 saturated heterocycles. The standard InChI is InChI=1S/C22H35N5O3.HI/c1-3-23-21(25-16-22(2,29)17-26-11-13-30-14-12-26)24-15-18-6-8-19(9-7-18)27-10-4-5-20(27)28;/h6-9,29H,3-5,10-17H2,1-2H3,(H2,23,24,25);1H. The molecule has 1 aromatic carbocycles. The van der Waals surface area contributed by atoms with E-state index in [1.165, 1.54) is 0 Å². The van der Waals surface area contributed by atoms with Gasteiger partial charge in [-0.05, 0) is 38.0 Å². The van der Waals surface area contributed by atoms with Gasteiger partial charge in [0.05, 0.1) is 25.4 Å². The summed E-state index contributed by atoms with van der Waals surface area (Å²) in [6, 6.07) is 8.01. The van der Waals surface area contributed by atoms with Crippen LogP contribution in [0.2, 0.25) is 0 Å². The molecule has 1 aromatic rings. The molecule has 0 aliphatic carbocycles. The maximum atomic E-state index is 11.9. The summed E-state index contributed by atoms with van der Waals surface area (Å²) < 4.78 is 5.37. The van der Waals surface area contributed by atoms with Gasteiger partial charge in [0.15, 0.2) is 5.96 Å². The Morgan fingerprint density at radius 2 is 1.90 bits per heavy atom. The van der Waals surface area contributed by atoms with Gasteiger partial charge in [0, 0.05) is 51.4 Å². The van der Waals surface area contributed by atoms with Gasteiger partial charge in [-0.2, -0.15) is 0 Å². The van der Waals surface area contributed by atoms with E-state index in [4.69, 9.17) is 4.74 Å². The largest absolute Gasteiger partial charge is 0.387 e. The molecule has 1 atom stereocenters. The number of aliphatic hydroxyl groups is 1. The van der Waals surface area contributed by atoms with Crippen molar-refractivity contribution in [2.75, 3.05) is 57.4 Å². The molecule has 0 aromatic heterocycles. The summed E-state index contributed by atoms with van der Waals surface area (Å²) in [4.78, 5) is 20.6. The molecule has 1 unspecified atom stereocenters. The monoisotopic (exact) mass is 545 g/mol. The number of hydrogen-bond acceptors (Lipinski definition) is 5. The molecule has 0 radical (unpaired) electrons. The van der Waals surface area contributed by atoms with Crippen LogP contribution in [-0.4, -0.2) is 80.0 Å². The fraction of sp³-hybridized carbons (Fsp3) is 0.636. The second-order valence-corrected chi connectivity index (χ2v) is 8.25. The van der Waals surface area contributed by atoms with E-state index in [0.29, 0.717) is 32.0 Å². The first-order valence-corrected chi connectivity index (χ1v) is 10.9. The van der Waals surface area contributed by atoms with Crippen molar-refractivity contribution in [1.82, 2.24) is 15.5 Å². The van der Waals surface area contributed by atoms with E-state index in [1.54, 1.807) is 0 Å². The molecule has 0 spiro atoms. The first-order valence-electron chi connectivity index (χ1n) is 10.9. The Morgan fingerprint density at radius 3 is 2.52 bits per heavy atom. The molecule has 2 aliphatic rings. The van der Waals surface area contributed by atoms with E-state index in [9.17, 15) is 9.90 Å². The molecule has 2 fully saturated rings. The van der Waals surface area contributed by atoms with Crippen molar-refractivity contribution < 1.29 is 14.6 Å². The zero-order valence-electron chi connectivity index (χ0n) is 18.6. The van der Waals surface area contributed by atoms with Gasteiger partial charge in [-0.25, -0.2) is 4.99 Å². The summed E-state index contributed by atoms with van der Waals surface area (Å²) >= 11 is 0. The predicted molar refractivity (Wildman–Crippen MR) is 134 cm³/mol. The number of amides is 1. The van der Waals surface area contributed by atoms with Crippen LogP contribution in [0.4, 0.5) is 5.69 Å². The summed E-state index contributed by atoms with van der Waals surface area (Å²) in [6.07, 6.45) is 1.57. The summed E-state index contributed by atoms with van der Waals surface area (Å²) in [5.41, 5.74) is 1.16. The normalized spacial score (nSPS) is 19.6. The zero-order valence-corrected chi connectivity index (χ0v) is 20.9. The van der Waals surface area contributed by atoms with Crippen molar-refractivity contribution in [1.29, 1.82) is 0 Å². The number of β-amino-alcohol motifs (C(OH)–C–C–N with tert-alkyl or cyclic N) is 1. The quantitative estimate of drug-likeness (QED) is 0.261. The van der Waals surface area contributed by atoms with Gasteiger partial charge in [0.25, 0.3) is 0 Å². The molecule has 1 amide bonds. The number of carbonyl (C=O) groups is 1. The third-order valence-corrected chi connectivity index (χ3v) is 5.39. The van der Waals surface area contributed by atoms with E-state index < -0.39 is 5.60 Å². The SMILES string of the molecule is CCNC(=NCc1ccc(N2CCCC2=O)cc1)NCC(C)(O)CN1CCOCC1.I. The van der Waals surface area contributed by atoms with Gasteiger partial charge in [0.1, 0.15) is 0 Å². The van der Waals surface area contributed by atoms with Gasteiger partial charge in [-0.3, -0.25) is 9.69 Å². The van der Waals surface area contributed by atoms with Gasteiger partial charge in [-0.1, -0.05) is 12.1 Å². The molecular weight excluding hydrogens is 509 g/mol. The Bertz CT molecular complexity index is 720. The maximum absolute atomic E-state index is 11.9. The van der Waals surface area contributed by atoms with E-state index in [2.05, 4.69) is 20.5 Å². The fourth-order valence-corrected chi connectivity index (χ4v) is 3.79. The van der Waals surface area contributed by atoms with Crippen LogP contribution in [0.25, 0.3) is 0 Å². The second-order valence-electron chi connectivity index (χ2n) is 8.25. The summed E-state index contributed by atoms with van der Waals surface area (Å²) in [6.45, 7) is 10.1. The molecular formula is C22H36IN5O3. The average Bonchev–Trinajstić information content (AvgIpc) is 3.17. The molecule has 31 heavy (non-hydrogen) atoms. The molecule has 174 valence electrons. The summed E-state index contributed by atoms with van der Waals surface area (Å²) in [5, 5.41) is 17.3. The fourth-order valence-electron chi connectivity index (χ4n) is 3.79. The number of nitrogens with one attached hydrogen (secondary N) is 2. The number of aliphatic imine (C=N–C) groups is 1. The van der Waals surface area contributed by atoms with E-state index in [0.717, 1.165) is 57.1 Å². The number of hydrogen-bond donors (Lipinski definition) is 3. The van der Waals surface area contributed by atoms with Crippen LogP contribution in [0, 0.1) is 0 Å². The van der Waals surface area contributed by atoms with Crippen molar-refractivity contribution >= 4 is 41.5 Å².